The number of hydrogen-bond acceptors (Lipinski definition) is 7. The van der Waals surface area contributed by atoms with Crippen LogP contribution in [-0.2, 0) is 4.79 Å². The maximum absolute atomic E-state index is 12.0. The van der Waals surface area contributed by atoms with Crippen LogP contribution in [0.1, 0.15) is 54.4 Å². The van der Waals surface area contributed by atoms with Crippen molar-refractivity contribution in [3.63, 3.8) is 0 Å². The summed E-state index contributed by atoms with van der Waals surface area (Å²) in [5.41, 5.74) is 1.65. The van der Waals surface area contributed by atoms with Crippen molar-refractivity contribution in [1.82, 2.24) is 29.5 Å². The highest BCUT2D eigenvalue weighted by molar-refractivity contribution is 9.10. The molecule has 1 amide bonds. The van der Waals surface area contributed by atoms with E-state index in [1.807, 2.05) is 22.7 Å². The summed E-state index contributed by atoms with van der Waals surface area (Å²) in [5.74, 6) is 1.40. The number of carbonyl (C=O) groups is 1. The standard InChI is InChI=1S/C22H33BrN8O/c1-16-19(15-31(28-16)17-7-12-29(2)13-8-17)26-22-25-14-18(23)21(27-22)24-9-5-11-30-10-4-3-6-20(30)32/h14-15,17H,3-13H2,1-2H3,(H2,24,25,26,27)/i2D3. The molecule has 2 aliphatic heterocycles. The van der Waals surface area contributed by atoms with Crippen LogP contribution in [0, 0.1) is 6.92 Å². The van der Waals surface area contributed by atoms with Crippen LogP contribution in [0.5, 0.6) is 0 Å². The van der Waals surface area contributed by atoms with E-state index in [4.69, 9.17) is 4.11 Å². The average Bonchev–Trinajstić information content (AvgIpc) is 3.19. The molecule has 0 unspecified atom stereocenters. The van der Waals surface area contributed by atoms with Crippen molar-refractivity contribution < 1.29 is 8.91 Å². The molecule has 2 aromatic rings. The van der Waals surface area contributed by atoms with Crippen molar-refractivity contribution in [3.8, 4) is 0 Å². The first-order valence-corrected chi connectivity index (χ1v) is 12.1. The van der Waals surface area contributed by atoms with Crippen LogP contribution in [0.15, 0.2) is 16.9 Å². The number of piperidine rings is 2. The second-order valence-corrected chi connectivity index (χ2v) is 9.31. The number of rotatable bonds is 8. The van der Waals surface area contributed by atoms with Gasteiger partial charge in [0.1, 0.15) is 5.82 Å². The lowest BCUT2D eigenvalue weighted by molar-refractivity contribution is -0.133. The molecule has 0 aromatic carbocycles. The molecule has 0 aliphatic carbocycles. The Morgan fingerprint density at radius 2 is 2.12 bits per heavy atom. The number of anilines is 3. The van der Waals surface area contributed by atoms with E-state index < -0.39 is 6.98 Å². The second kappa shape index (κ2) is 10.6. The molecule has 4 heterocycles. The Bertz CT molecular complexity index is 1020. The van der Waals surface area contributed by atoms with Gasteiger partial charge >= 0.3 is 0 Å². The Morgan fingerprint density at radius 1 is 1.28 bits per heavy atom. The molecule has 0 radical (unpaired) electrons. The van der Waals surface area contributed by atoms with Crippen LogP contribution in [0.4, 0.5) is 17.5 Å². The van der Waals surface area contributed by atoms with Crippen LogP contribution in [0.25, 0.3) is 0 Å². The molecule has 0 bridgehead atoms. The van der Waals surface area contributed by atoms with Gasteiger partial charge < -0.3 is 20.4 Å². The van der Waals surface area contributed by atoms with Crippen molar-refractivity contribution in [1.29, 1.82) is 0 Å². The summed E-state index contributed by atoms with van der Waals surface area (Å²) in [5, 5.41) is 11.2. The number of hydrogen-bond donors (Lipinski definition) is 2. The van der Waals surface area contributed by atoms with E-state index in [1.165, 1.54) is 0 Å². The van der Waals surface area contributed by atoms with Gasteiger partial charge in [-0.15, -0.1) is 0 Å². The maximum atomic E-state index is 12.0. The maximum Gasteiger partial charge on any atom is 0.229 e. The van der Waals surface area contributed by atoms with Crippen molar-refractivity contribution in [3.05, 3.63) is 22.6 Å². The monoisotopic (exact) mass is 507 g/mol. The first-order valence-electron chi connectivity index (χ1n) is 12.8. The Morgan fingerprint density at radius 3 is 2.91 bits per heavy atom. The number of aromatic nitrogens is 4. The molecule has 4 rings (SSSR count). The van der Waals surface area contributed by atoms with Gasteiger partial charge in [-0.2, -0.15) is 10.1 Å². The summed E-state index contributed by atoms with van der Waals surface area (Å²) in [6.45, 7) is 3.26. The van der Waals surface area contributed by atoms with Crippen LogP contribution in [0.3, 0.4) is 0 Å². The third-order valence-electron chi connectivity index (χ3n) is 6.06. The Balaban J connectivity index is 1.32. The van der Waals surface area contributed by atoms with E-state index >= 15 is 0 Å². The molecule has 9 nitrogen and oxygen atoms in total. The molecule has 32 heavy (non-hydrogen) atoms. The highest BCUT2D eigenvalue weighted by Gasteiger charge is 2.20. The minimum atomic E-state index is -2.03. The molecule has 2 saturated heterocycles. The fraction of sp³-hybridized carbons (Fsp3) is 0.636. The lowest BCUT2D eigenvalue weighted by Gasteiger charge is -2.28. The average molecular weight is 508 g/mol. The number of nitrogens with zero attached hydrogens (tertiary/aromatic N) is 6. The van der Waals surface area contributed by atoms with Gasteiger partial charge in [-0.3, -0.25) is 9.48 Å². The van der Waals surface area contributed by atoms with Gasteiger partial charge in [0, 0.05) is 42.6 Å². The molecule has 10 heteroatoms. The SMILES string of the molecule is [2H]C([2H])([2H])N1CCC(n2cc(Nc3ncc(Br)c(NCCCN4CCCCC4=O)n3)c(C)n2)CC1. The summed E-state index contributed by atoms with van der Waals surface area (Å²) in [4.78, 5) is 24.4. The van der Waals surface area contributed by atoms with E-state index in [1.54, 1.807) is 11.1 Å². The van der Waals surface area contributed by atoms with Crippen molar-refractivity contribution in [2.24, 2.45) is 0 Å². The molecule has 2 aromatic heterocycles. The molecule has 2 fully saturated rings. The number of likely N-dealkylation sites (tertiary alicyclic amines) is 2. The topological polar surface area (TPSA) is 91.2 Å². The van der Waals surface area contributed by atoms with Gasteiger partial charge in [0.15, 0.2) is 0 Å². The van der Waals surface area contributed by atoms with E-state index in [0.717, 1.165) is 61.0 Å². The smallest absolute Gasteiger partial charge is 0.229 e. The lowest BCUT2D eigenvalue weighted by atomic mass is 10.1. The summed E-state index contributed by atoms with van der Waals surface area (Å²) < 4.78 is 25.5. The number of halogens is 1. The normalized spacial score (nSPS) is 20.0. The largest absolute Gasteiger partial charge is 0.369 e. The molecular formula is C22H33BrN8O. The van der Waals surface area contributed by atoms with Gasteiger partial charge in [0.05, 0.1) is 21.9 Å². The highest BCUT2D eigenvalue weighted by atomic mass is 79.9. The Hall–Kier alpha value is -2.20. The van der Waals surface area contributed by atoms with Crippen LogP contribution >= 0.6 is 15.9 Å². The van der Waals surface area contributed by atoms with Crippen LogP contribution in [-0.4, -0.2) is 75.2 Å². The van der Waals surface area contributed by atoms with Crippen LogP contribution in [0.2, 0.25) is 0 Å². The quantitative estimate of drug-likeness (QED) is 0.527. The van der Waals surface area contributed by atoms with Gasteiger partial charge in [-0.05, 0) is 75.0 Å². The second-order valence-electron chi connectivity index (χ2n) is 8.46. The molecule has 174 valence electrons. The third-order valence-corrected chi connectivity index (χ3v) is 6.64. The number of aryl methyl sites for hydroxylation is 1. The van der Waals surface area contributed by atoms with Crippen molar-refractivity contribution >= 4 is 39.3 Å². The predicted molar refractivity (Wildman–Crippen MR) is 129 cm³/mol. The van der Waals surface area contributed by atoms with E-state index in [0.29, 0.717) is 37.8 Å². The first kappa shape index (κ1) is 19.3. The number of carbonyl (C=O) groups excluding carboxylic acids is 1. The molecule has 2 aliphatic rings. The van der Waals surface area contributed by atoms with Crippen molar-refractivity contribution in [2.45, 2.75) is 51.5 Å². The van der Waals surface area contributed by atoms with Gasteiger partial charge in [0.25, 0.3) is 0 Å². The first-order chi connectivity index (χ1) is 16.7. The minimum absolute atomic E-state index is 0.165. The Kier molecular flexibility index (Phi) is 6.39. The van der Waals surface area contributed by atoms with Crippen LogP contribution < -0.4 is 10.6 Å². The fourth-order valence-corrected chi connectivity index (χ4v) is 4.50. The lowest BCUT2D eigenvalue weighted by Crippen LogP contribution is -2.36. The molecule has 0 atom stereocenters. The fourth-order valence-electron chi connectivity index (χ4n) is 4.17. The molecule has 0 spiro atoms. The minimum Gasteiger partial charge on any atom is -0.369 e. The molecule has 0 saturated carbocycles. The highest BCUT2D eigenvalue weighted by Crippen LogP contribution is 2.26. The summed E-state index contributed by atoms with van der Waals surface area (Å²) in [6.07, 6.45) is 8.72. The zero-order chi connectivity index (χ0) is 25.0. The van der Waals surface area contributed by atoms with Crippen molar-refractivity contribution in [2.75, 3.05) is 50.3 Å². The third kappa shape index (κ3) is 5.78. The van der Waals surface area contributed by atoms with E-state index in [9.17, 15) is 4.79 Å². The Labute approximate surface area is 202 Å². The molecule has 2 N–H and O–H groups in total. The summed E-state index contributed by atoms with van der Waals surface area (Å²) in [6, 6.07) is 0.165. The number of nitrogens with one attached hydrogen (secondary N) is 2. The van der Waals surface area contributed by atoms with E-state index in [-0.39, 0.29) is 11.9 Å². The summed E-state index contributed by atoms with van der Waals surface area (Å²) >= 11 is 3.50. The van der Waals surface area contributed by atoms with Gasteiger partial charge in [-0.25, -0.2) is 4.98 Å². The number of amides is 1. The zero-order valence-corrected chi connectivity index (χ0v) is 20.1. The van der Waals surface area contributed by atoms with Gasteiger partial charge in [-0.1, -0.05) is 0 Å². The predicted octanol–water partition coefficient (Wildman–Crippen LogP) is 3.57. The van der Waals surface area contributed by atoms with E-state index in [2.05, 4.69) is 41.6 Å². The van der Waals surface area contributed by atoms with Gasteiger partial charge in [0.2, 0.25) is 11.9 Å². The zero-order valence-electron chi connectivity index (χ0n) is 21.5. The summed E-state index contributed by atoms with van der Waals surface area (Å²) in [7, 11) is 0. The molecular weight excluding hydrogens is 472 g/mol.